The molecule has 0 unspecified atom stereocenters. The van der Waals surface area contributed by atoms with Gasteiger partial charge >= 0.3 is 5.97 Å². The Morgan fingerprint density at radius 2 is 1.82 bits per heavy atom. The van der Waals surface area contributed by atoms with E-state index in [1.165, 1.54) is 0 Å². The van der Waals surface area contributed by atoms with Crippen LogP contribution in [0.1, 0.15) is 5.56 Å². The molecular formula is C9H6O2. The van der Waals surface area contributed by atoms with E-state index >= 15 is 0 Å². The molecule has 1 aromatic rings. The van der Waals surface area contributed by atoms with E-state index in [0.717, 1.165) is 5.56 Å². The van der Waals surface area contributed by atoms with Crippen molar-refractivity contribution in [3.05, 3.63) is 41.7 Å². The summed E-state index contributed by atoms with van der Waals surface area (Å²) in [6.45, 7) is 0. The Balaban J connectivity index is 2.26. The van der Waals surface area contributed by atoms with Crippen LogP contribution in [-0.2, 0) is 9.53 Å². The van der Waals surface area contributed by atoms with Crippen molar-refractivity contribution in [2.75, 3.05) is 0 Å². The third kappa shape index (κ3) is 1.29. The molecule has 1 fully saturated rings. The van der Waals surface area contributed by atoms with Crippen LogP contribution in [0.25, 0.3) is 6.08 Å². The molecule has 54 valence electrons. The zero-order valence-corrected chi connectivity index (χ0v) is 5.78. The Kier molecular flexibility index (Phi) is 1.25. The topological polar surface area (TPSA) is 29.6 Å². The fraction of sp³-hybridized carbons (Fsp3) is 0. The molecule has 1 aromatic carbocycles. The summed E-state index contributed by atoms with van der Waals surface area (Å²) in [5, 5.41) is 0. The first-order chi connectivity index (χ1) is 5.36. The highest BCUT2D eigenvalue weighted by molar-refractivity contribution is 6.04. The van der Waals surface area contributed by atoms with Crippen molar-refractivity contribution in [3.8, 4) is 0 Å². The van der Waals surface area contributed by atoms with Gasteiger partial charge in [0, 0.05) is 0 Å². The van der Waals surface area contributed by atoms with Crippen LogP contribution in [0.2, 0.25) is 0 Å². The second kappa shape index (κ2) is 2.23. The quantitative estimate of drug-likeness (QED) is 0.444. The Labute approximate surface area is 64.1 Å². The lowest BCUT2D eigenvalue weighted by Gasteiger charge is -1.85. The smallest absolute Gasteiger partial charge is 0.380 e. The van der Waals surface area contributed by atoms with Gasteiger partial charge in [-0.2, -0.15) is 0 Å². The van der Waals surface area contributed by atoms with E-state index in [0.29, 0.717) is 5.76 Å². The van der Waals surface area contributed by atoms with Gasteiger partial charge in [-0.05, 0) is 11.6 Å². The number of epoxide rings is 1. The average molecular weight is 146 g/mol. The fourth-order valence-corrected chi connectivity index (χ4v) is 0.863. The van der Waals surface area contributed by atoms with Crippen LogP contribution in [0.5, 0.6) is 0 Å². The van der Waals surface area contributed by atoms with Crippen LogP contribution in [0.3, 0.4) is 0 Å². The third-order valence-corrected chi connectivity index (χ3v) is 1.46. The van der Waals surface area contributed by atoms with Crippen LogP contribution >= 0.6 is 0 Å². The van der Waals surface area contributed by atoms with E-state index in [1.54, 1.807) is 6.08 Å². The van der Waals surface area contributed by atoms with E-state index in [1.807, 2.05) is 30.3 Å². The highest BCUT2D eigenvalue weighted by Gasteiger charge is 2.29. The molecule has 2 heteroatoms. The molecule has 1 heterocycles. The van der Waals surface area contributed by atoms with Crippen molar-refractivity contribution >= 4 is 12.0 Å². The summed E-state index contributed by atoms with van der Waals surface area (Å²) in [6.07, 6.45) is 1.72. The van der Waals surface area contributed by atoms with E-state index in [2.05, 4.69) is 4.74 Å². The van der Waals surface area contributed by atoms with Crippen LogP contribution in [0.4, 0.5) is 0 Å². The second-order valence-electron chi connectivity index (χ2n) is 2.31. The molecule has 11 heavy (non-hydrogen) atoms. The lowest BCUT2D eigenvalue weighted by molar-refractivity contribution is -0.117. The number of ether oxygens (including phenoxy) is 1. The van der Waals surface area contributed by atoms with Gasteiger partial charge in [0.05, 0.1) is 0 Å². The molecule has 0 bridgehead atoms. The van der Waals surface area contributed by atoms with E-state index in [-0.39, 0.29) is 5.97 Å². The Morgan fingerprint density at radius 1 is 1.18 bits per heavy atom. The van der Waals surface area contributed by atoms with E-state index in [9.17, 15) is 4.79 Å². The van der Waals surface area contributed by atoms with Gasteiger partial charge < -0.3 is 4.74 Å². The highest BCUT2D eigenvalue weighted by atomic mass is 16.6. The lowest BCUT2D eigenvalue weighted by Crippen LogP contribution is -1.67. The van der Waals surface area contributed by atoms with Gasteiger partial charge in [0.1, 0.15) is 0 Å². The number of carbonyl (C=O) groups is 1. The Morgan fingerprint density at radius 3 is 2.36 bits per heavy atom. The molecule has 0 aromatic heterocycles. The van der Waals surface area contributed by atoms with Crippen LogP contribution in [-0.4, -0.2) is 5.97 Å². The van der Waals surface area contributed by atoms with Crippen molar-refractivity contribution in [3.63, 3.8) is 0 Å². The molecule has 1 aliphatic rings. The SMILES string of the molecule is O=C1OC1=Cc1ccccc1. The molecule has 1 aliphatic heterocycles. The fourth-order valence-electron chi connectivity index (χ4n) is 0.863. The molecule has 0 aliphatic carbocycles. The summed E-state index contributed by atoms with van der Waals surface area (Å²) in [6, 6.07) is 9.60. The monoisotopic (exact) mass is 146 g/mol. The summed E-state index contributed by atoms with van der Waals surface area (Å²) < 4.78 is 4.54. The number of rotatable bonds is 1. The summed E-state index contributed by atoms with van der Waals surface area (Å²) in [5.74, 6) is 0.241. The van der Waals surface area contributed by atoms with Crippen LogP contribution in [0, 0.1) is 0 Å². The summed E-state index contributed by atoms with van der Waals surface area (Å²) in [5.41, 5.74) is 0.994. The van der Waals surface area contributed by atoms with E-state index in [4.69, 9.17) is 0 Å². The third-order valence-electron chi connectivity index (χ3n) is 1.46. The molecule has 2 nitrogen and oxygen atoms in total. The predicted octanol–water partition coefficient (Wildman–Crippen LogP) is 1.58. The predicted molar refractivity (Wildman–Crippen MR) is 40.5 cm³/mol. The molecule has 0 spiro atoms. The lowest BCUT2D eigenvalue weighted by atomic mass is 10.2. The van der Waals surface area contributed by atoms with Crippen molar-refractivity contribution < 1.29 is 9.53 Å². The summed E-state index contributed by atoms with van der Waals surface area (Å²) in [4.78, 5) is 10.4. The maximum atomic E-state index is 10.4. The first-order valence-corrected chi connectivity index (χ1v) is 3.35. The minimum atomic E-state index is -0.214. The molecule has 1 saturated heterocycles. The zero-order chi connectivity index (χ0) is 7.68. The van der Waals surface area contributed by atoms with Crippen LogP contribution in [0.15, 0.2) is 36.1 Å². The average Bonchev–Trinajstić information content (AvgIpc) is 2.69. The summed E-state index contributed by atoms with van der Waals surface area (Å²) >= 11 is 0. The van der Waals surface area contributed by atoms with Gasteiger partial charge in [-0.1, -0.05) is 30.3 Å². The second-order valence-corrected chi connectivity index (χ2v) is 2.31. The molecule has 0 N–H and O–H groups in total. The van der Waals surface area contributed by atoms with Crippen LogP contribution < -0.4 is 0 Å². The van der Waals surface area contributed by atoms with Crippen molar-refractivity contribution in [1.29, 1.82) is 0 Å². The van der Waals surface area contributed by atoms with Gasteiger partial charge in [0.15, 0.2) is 0 Å². The maximum absolute atomic E-state index is 10.4. The summed E-state index contributed by atoms with van der Waals surface area (Å²) in [7, 11) is 0. The molecular weight excluding hydrogens is 140 g/mol. The largest absolute Gasteiger partial charge is 0.413 e. The Hall–Kier alpha value is -1.57. The van der Waals surface area contributed by atoms with Gasteiger partial charge in [-0.3, -0.25) is 0 Å². The van der Waals surface area contributed by atoms with Gasteiger partial charge in [0.2, 0.25) is 5.76 Å². The number of cyclic esters (lactones) is 1. The van der Waals surface area contributed by atoms with Crippen molar-refractivity contribution in [1.82, 2.24) is 0 Å². The van der Waals surface area contributed by atoms with Crippen molar-refractivity contribution in [2.24, 2.45) is 0 Å². The minimum Gasteiger partial charge on any atom is -0.413 e. The molecule has 2 rings (SSSR count). The number of hydrogen-bond acceptors (Lipinski definition) is 2. The highest BCUT2D eigenvalue weighted by Crippen LogP contribution is 2.20. The molecule has 0 radical (unpaired) electrons. The number of benzene rings is 1. The molecule has 0 saturated carbocycles. The Bertz CT molecular complexity index is 312. The number of carbonyl (C=O) groups excluding carboxylic acids is 1. The van der Waals surface area contributed by atoms with E-state index < -0.39 is 0 Å². The standard InChI is InChI=1S/C9H6O2/c10-9-8(11-9)6-7-4-2-1-3-5-7/h1-6H. The zero-order valence-electron chi connectivity index (χ0n) is 5.78. The molecule has 0 atom stereocenters. The normalized spacial score (nSPS) is 18.2. The van der Waals surface area contributed by atoms with Gasteiger partial charge in [-0.15, -0.1) is 0 Å². The van der Waals surface area contributed by atoms with Gasteiger partial charge in [0.25, 0.3) is 0 Å². The molecule has 0 amide bonds. The first-order valence-electron chi connectivity index (χ1n) is 3.35. The first kappa shape index (κ1) is 6.16. The minimum absolute atomic E-state index is 0.214. The van der Waals surface area contributed by atoms with Crippen molar-refractivity contribution in [2.45, 2.75) is 0 Å². The van der Waals surface area contributed by atoms with Gasteiger partial charge in [-0.25, -0.2) is 4.79 Å². The maximum Gasteiger partial charge on any atom is 0.380 e. The number of hydrogen-bond donors (Lipinski definition) is 0.